The highest BCUT2D eigenvalue weighted by molar-refractivity contribution is 5.90. The summed E-state index contributed by atoms with van der Waals surface area (Å²) < 4.78 is 0. The van der Waals surface area contributed by atoms with Crippen LogP contribution in [0.25, 0.3) is 10.9 Å². The number of aromatic nitrogens is 2. The van der Waals surface area contributed by atoms with Crippen LogP contribution in [0, 0.1) is 5.41 Å². The van der Waals surface area contributed by atoms with Gasteiger partial charge in [0.2, 0.25) is 5.95 Å². The van der Waals surface area contributed by atoms with Crippen LogP contribution in [-0.2, 0) is 0 Å². The summed E-state index contributed by atoms with van der Waals surface area (Å²) in [5, 5.41) is 7.95. The van der Waals surface area contributed by atoms with Gasteiger partial charge in [-0.15, -0.1) is 0 Å². The smallest absolute Gasteiger partial charge is 0.225 e. The molecular formula is C16H22N4. The molecule has 1 atom stereocenters. The third kappa shape index (κ3) is 2.55. The Morgan fingerprint density at radius 2 is 2.00 bits per heavy atom. The van der Waals surface area contributed by atoms with Gasteiger partial charge in [0, 0.05) is 18.0 Å². The van der Waals surface area contributed by atoms with Crippen molar-refractivity contribution in [3.63, 3.8) is 0 Å². The molecule has 0 spiro atoms. The van der Waals surface area contributed by atoms with E-state index in [-0.39, 0.29) is 0 Å². The maximum atomic E-state index is 4.65. The maximum Gasteiger partial charge on any atom is 0.225 e. The molecule has 20 heavy (non-hydrogen) atoms. The molecule has 1 saturated carbocycles. The monoisotopic (exact) mass is 270 g/mol. The molecular weight excluding hydrogens is 248 g/mol. The highest BCUT2D eigenvalue weighted by Crippen LogP contribution is 2.46. The van der Waals surface area contributed by atoms with E-state index in [1.54, 1.807) is 0 Å². The lowest BCUT2D eigenvalue weighted by molar-refractivity contribution is 0.630. The van der Waals surface area contributed by atoms with Crippen LogP contribution < -0.4 is 10.6 Å². The van der Waals surface area contributed by atoms with E-state index >= 15 is 0 Å². The number of nitrogens with one attached hydrogen (secondary N) is 2. The van der Waals surface area contributed by atoms with Crippen molar-refractivity contribution in [3.05, 3.63) is 24.3 Å². The Morgan fingerprint density at radius 3 is 2.70 bits per heavy atom. The molecule has 1 heterocycles. The maximum absolute atomic E-state index is 4.65. The average Bonchev–Trinajstić information content (AvgIpc) is 3.03. The molecule has 1 aromatic carbocycles. The van der Waals surface area contributed by atoms with Gasteiger partial charge < -0.3 is 10.6 Å². The summed E-state index contributed by atoms with van der Waals surface area (Å²) in [5.41, 5.74) is 1.37. The Labute approximate surface area is 120 Å². The Kier molecular flexibility index (Phi) is 3.24. The average molecular weight is 270 g/mol. The lowest BCUT2D eigenvalue weighted by Gasteiger charge is -2.12. The summed E-state index contributed by atoms with van der Waals surface area (Å²) in [6, 6.07) is 8.69. The van der Waals surface area contributed by atoms with Gasteiger partial charge in [-0.25, -0.2) is 4.98 Å². The number of hydrogen-bond donors (Lipinski definition) is 2. The van der Waals surface area contributed by atoms with E-state index < -0.39 is 0 Å². The van der Waals surface area contributed by atoms with Gasteiger partial charge in [-0.2, -0.15) is 4.98 Å². The SMILES string of the molecule is CCCNc1nc(NC2CC2(C)C)c2ccccc2n1. The standard InChI is InChI=1S/C16H22N4/c1-4-9-17-15-18-12-8-6-5-7-11(12)14(20-15)19-13-10-16(13,2)3/h5-8,13H,4,9-10H2,1-3H3,(H2,17,18,19,20). The van der Waals surface area contributed by atoms with Crippen molar-refractivity contribution in [3.8, 4) is 0 Å². The Hall–Kier alpha value is -1.84. The van der Waals surface area contributed by atoms with Crippen molar-refractivity contribution in [1.29, 1.82) is 0 Å². The van der Waals surface area contributed by atoms with E-state index in [4.69, 9.17) is 0 Å². The molecule has 4 nitrogen and oxygen atoms in total. The summed E-state index contributed by atoms with van der Waals surface area (Å²) in [4.78, 5) is 9.23. The zero-order chi connectivity index (χ0) is 14.2. The van der Waals surface area contributed by atoms with Gasteiger partial charge in [0.05, 0.1) is 5.52 Å². The first kappa shape index (κ1) is 13.2. The predicted molar refractivity (Wildman–Crippen MR) is 84.1 cm³/mol. The topological polar surface area (TPSA) is 49.8 Å². The van der Waals surface area contributed by atoms with Crippen LogP contribution in [0.5, 0.6) is 0 Å². The molecule has 0 saturated heterocycles. The molecule has 0 radical (unpaired) electrons. The minimum atomic E-state index is 0.378. The second-order valence-electron chi connectivity index (χ2n) is 6.23. The van der Waals surface area contributed by atoms with Gasteiger partial charge in [-0.1, -0.05) is 32.9 Å². The van der Waals surface area contributed by atoms with Crippen LogP contribution in [0.15, 0.2) is 24.3 Å². The van der Waals surface area contributed by atoms with Crippen molar-refractivity contribution in [2.75, 3.05) is 17.2 Å². The number of benzene rings is 1. The molecule has 0 aliphatic heterocycles. The number of nitrogens with zero attached hydrogens (tertiary/aromatic N) is 2. The first-order valence-corrected chi connectivity index (χ1v) is 7.37. The zero-order valence-electron chi connectivity index (χ0n) is 12.4. The molecule has 106 valence electrons. The number of rotatable bonds is 5. The van der Waals surface area contributed by atoms with Crippen LogP contribution in [0.2, 0.25) is 0 Å². The number of para-hydroxylation sites is 1. The normalized spacial score (nSPS) is 19.9. The third-order valence-corrected chi connectivity index (χ3v) is 3.96. The summed E-state index contributed by atoms with van der Waals surface area (Å²) in [7, 11) is 0. The number of anilines is 2. The van der Waals surface area contributed by atoms with E-state index in [1.165, 1.54) is 6.42 Å². The highest BCUT2D eigenvalue weighted by atomic mass is 15.2. The number of fused-ring (bicyclic) bond motifs is 1. The van der Waals surface area contributed by atoms with Crippen molar-refractivity contribution in [1.82, 2.24) is 9.97 Å². The van der Waals surface area contributed by atoms with E-state index in [1.807, 2.05) is 18.2 Å². The summed E-state index contributed by atoms with van der Waals surface area (Å²) in [6.45, 7) is 7.60. The molecule has 4 heteroatoms. The minimum absolute atomic E-state index is 0.378. The van der Waals surface area contributed by atoms with E-state index in [2.05, 4.69) is 47.4 Å². The van der Waals surface area contributed by atoms with E-state index in [9.17, 15) is 0 Å². The summed E-state index contributed by atoms with van der Waals surface area (Å²) >= 11 is 0. The fourth-order valence-corrected chi connectivity index (χ4v) is 2.38. The molecule has 1 fully saturated rings. The van der Waals surface area contributed by atoms with Crippen molar-refractivity contribution >= 4 is 22.7 Å². The van der Waals surface area contributed by atoms with Crippen molar-refractivity contribution in [2.24, 2.45) is 5.41 Å². The second kappa shape index (κ2) is 4.93. The first-order valence-electron chi connectivity index (χ1n) is 7.37. The fraction of sp³-hybridized carbons (Fsp3) is 0.500. The van der Waals surface area contributed by atoms with Crippen LogP contribution >= 0.6 is 0 Å². The lowest BCUT2D eigenvalue weighted by atomic mass is 10.2. The molecule has 1 aliphatic rings. The van der Waals surface area contributed by atoms with Gasteiger partial charge in [0.25, 0.3) is 0 Å². The first-order chi connectivity index (χ1) is 9.60. The van der Waals surface area contributed by atoms with Gasteiger partial charge >= 0.3 is 0 Å². The molecule has 1 unspecified atom stereocenters. The fourth-order valence-electron chi connectivity index (χ4n) is 2.38. The minimum Gasteiger partial charge on any atom is -0.366 e. The Morgan fingerprint density at radius 1 is 1.25 bits per heavy atom. The van der Waals surface area contributed by atoms with Crippen molar-refractivity contribution in [2.45, 2.75) is 39.7 Å². The van der Waals surface area contributed by atoms with Gasteiger partial charge in [-0.05, 0) is 30.4 Å². The molecule has 0 amide bonds. The third-order valence-electron chi connectivity index (χ3n) is 3.96. The Balaban J connectivity index is 1.94. The van der Waals surface area contributed by atoms with Gasteiger partial charge in [-0.3, -0.25) is 0 Å². The molecule has 2 N–H and O–H groups in total. The zero-order valence-corrected chi connectivity index (χ0v) is 12.4. The van der Waals surface area contributed by atoms with E-state index in [0.717, 1.165) is 29.7 Å². The lowest BCUT2D eigenvalue weighted by Crippen LogP contribution is -2.12. The van der Waals surface area contributed by atoms with Crippen LogP contribution in [0.3, 0.4) is 0 Å². The van der Waals surface area contributed by atoms with Gasteiger partial charge in [0.1, 0.15) is 5.82 Å². The van der Waals surface area contributed by atoms with E-state index in [0.29, 0.717) is 17.4 Å². The largest absolute Gasteiger partial charge is 0.366 e. The summed E-state index contributed by atoms with van der Waals surface area (Å²) in [5.74, 6) is 1.66. The van der Waals surface area contributed by atoms with Crippen LogP contribution in [0.1, 0.15) is 33.6 Å². The molecule has 1 aliphatic carbocycles. The number of hydrogen-bond acceptors (Lipinski definition) is 4. The molecule has 1 aromatic heterocycles. The highest BCUT2D eigenvalue weighted by Gasteiger charge is 2.46. The van der Waals surface area contributed by atoms with Gasteiger partial charge in [0.15, 0.2) is 0 Å². The van der Waals surface area contributed by atoms with Crippen LogP contribution in [-0.4, -0.2) is 22.6 Å². The molecule has 2 aromatic rings. The molecule has 0 bridgehead atoms. The van der Waals surface area contributed by atoms with Crippen molar-refractivity contribution < 1.29 is 0 Å². The molecule has 3 rings (SSSR count). The summed E-state index contributed by atoms with van der Waals surface area (Å²) in [6.07, 6.45) is 2.26. The van der Waals surface area contributed by atoms with Crippen LogP contribution in [0.4, 0.5) is 11.8 Å². The second-order valence-corrected chi connectivity index (χ2v) is 6.23. The predicted octanol–water partition coefficient (Wildman–Crippen LogP) is 3.66. The quantitative estimate of drug-likeness (QED) is 0.870. The Bertz CT molecular complexity index is 621.